The summed E-state index contributed by atoms with van der Waals surface area (Å²) in [6.45, 7) is 4.17. The maximum atomic E-state index is 3.86. The molecule has 0 atom stereocenters. The lowest BCUT2D eigenvalue weighted by Crippen LogP contribution is -1.81. The first-order valence-electron chi connectivity index (χ1n) is 3.42. The minimum Gasteiger partial charge on any atom is -0.285 e. The second kappa shape index (κ2) is 3.20. The fourth-order valence-electron chi connectivity index (χ4n) is 0.798. The quantitative estimate of drug-likeness (QED) is 0.618. The number of rotatable bonds is 2. The molecule has 0 aliphatic rings. The number of aromatic nitrogens is 2. The summed E-state index contributed by atoms with van der Waals surface area (Å²) in [5.41, 5.74) is 2.62. The highest BCUT2D eigenvalue weighted by molar-refractivity contribution is 5.13. The number of aromatic amines is 1. The number of allylic oxidation sites excluding steroid dienone is 2. The Labute approximate surface area is 61.0 Å². The highest BCUT2D eigenvalue weighted by Crippen LogP contribution is 2.03. The van der Waals surface area contributed by atoms with Gasteiger partial charge in [0.25, 0.3) is 0 Å². The summed E-state index contributed by atoms with van der Waals surface area (Å²) in [5.74, 6) is 0. The zero-order valence-electron chi connectivity index (χ0n) is 6.39. The van der Waals surface area contributed by atoms with Crippen LogP contribution in [0.3, 0.4) is 0 Å². The minimum atomic E-state index is 1.01. The van der Waals surface area contributed by atoms with Gasteiger partial charge in [0.1, 0.15) is 0 Å². The van der Waals surface area contributed by atoms with Crippen molar-refractivity contribution in [3.8, 4) is 0 Å². The Balaban J connectivity index is 2.56. The van der Waals surface area contributed by atoms with E-state index in [1.807, 2.05) is 12.4 Å². The average Bonchev–Trinajstić information content (AvgIpc) is 2.40. The van der Waals surface area contributed by atoms with E-state index in [1.54, 1.807) is 0 Å². The predicted molar refractivity (Wildman–Crippen MR) is 41.7 cm³/mol. The fraction of sp³-hybridized carbons (Fsp3) is 0.375. The summed E-state index contributed by atoms with van der Waals surface area (Å²) in [4.78, 5) is 0. The van der Waals surface area contributed by atoms with Gasteiger partial charge in [-0.15, -0.1) is 0 Å². The molecular weight excluding hydrogens is 124 g/mol. The Bertz CT molecular complexity index is 209. The molecule has 1 heterocycles. The van der Waals surface area contributed by atoms with Gasteiger partial charge in [-0.25, -0.2) is 0 Å². The van der Waals surface area contributed by atoms with Crippen molar-refractivity contribution >= 4 is 0 Å². The molecule has 1 aromatic rings. The van der Waals surface area contributed by atoms with Crippen LogP contribution in [0.2, 0.25) is 0 Å². The van der Waals surface area contributed by atoms with Gasteiger partial charge in [-0.3, -0.25) is 5.10 Å². The van der Waals surface area contributed by atoms with Gasteiger partial charge in [-0.1, -0.05) is 11.6 Å². The van der Waals surface area contributed by atoms with Crippen LogP contribution in [0, 0.1) is 0 Å². The monoisotopic (exact) mass is 136 g/mol. The Morgan fingerprint density at radius 3 is 3.10 bits per heavy atom. The molecule has 2 nitrogen and oxygen atoms in total. The van der Waals surface area contributed by atoms with Crippen LogP contribution in [0.15, 0.2) is 24.0 Å². The molecule has 0 radical (unpaired) electrons. The minimum absolute atomic E-state index is 1.01. The maximum absolute atomic E-state index is 3.86. The van der Waals surface area contributed by atoms with E-state index in [1.165, 1.54) is 11.1 Å². The summed E-state index contributed by atoms with van der Waals surface area (Å²) in [5, 5.41) is 6.64. The first-order chi connectivity index (χ1) is 4.83. The van der Waals surface area contributed by atoms with Crippen molar-refractivity contribution in [2.45, 2.75) is 20.3 Å². The van der Waals surface area contributed by atoms with Crippen LogP contribution in [0.5, 0.6) is 0 Å². The van der Waals surface area contributed by atoms with E-state index in [0.29, 0.717) is 0 Å². The maximum Gasteiger partial charge on any atom is 0.0522 e. The fourth-order valence-corrected chi connectivity index (χ4v) is 0.798. The van der Waals surface area contributed by atoms with Gasteiger partial charge in [0, 0.05) is 6.20 Å². The van der Waals surface area contributed by atoms with Gasteiger partial charge in [0.15, 0.2) is 0 Å². The standard InChI is InChI=1S/C8H12N2/c1-3-7(2)4-8-5-9-10-6-8/h3,5-6H,4H2,1-2H3,(H,9,10). The number of H-pyrrole nitrogens is 1. The zero-order valence-corrected chi connectivity index (χ0v) is 6.39. The molecule has 1 N–H and O–H groups in total. The molecule has 0 saturated heterocycles. The number of nitrogens with zero attached hydrogens (tertiary/aromatic N) is 1. The van der Waals surface area contributed by atoms with Crippen LogP contribution in [-0.4, -0.2) is 10.2 Å². The highest BCUT2D eigenvalue weighted by atomic mass is 15.1. The molecule has 54 valence electrons. The van der Waals surface area contributed by atoms with Gasteiger partial charge < -0.3 is 0 Å². The van der Waals surface area contributed by atoms with Crippen LogP contribution < -0.4 is 0 Å². The smallest absolute Gasteiger partial charge is 0.0522 e. The Kier molecular flexibility index (Phi) is 2.26. The molecule has 0 fully saturated rings. The molecular formula is C8H12N2. The van der Waals surface area contributed by atoms with Crippen molar-refractivity contribution in [2.24, 2.45) is 0 Å². The first-order valence-corrected chi connectivity index (χ1v) is 3.42. The summed E-state index contributed by atoms with van der Waals surface area (Å²) in [7, 11) is 0. The summed E-state index contributed by atoms with van der Waals surface area (Å²) < 4.78 is 0. The van der Waals surface area contributed by atoms with Crippen molar-refractivity contribution in [3.63, 3.8) is 0 Å². The zero-order chi connectivity index (χ0) is 7.40. The topological polar surface area (TPSA) is 28.7 Å². The Morgan fingerprint density at radius 1 is 1.80 bits per heavy atom. The van der Waals surface area contributed by atoms with Crippen molar-refractivity contribution < 1.29 is 0 Å². The lowest BCUT2D eigenvalue weighted by Gasteiger charge is -1.93. The second-order valence-electron chi connectivity index (χ2n) is 2.42. The molecule has 10 heavy (non-hydrogen) atoms. The second-order valence-corrected chi connectivity index (χ2v) is 2.42. The third-order valence-electron chi connectivity index (χ3n) is 1.53. The van der Waals surface area contributed by atoms with Crippen molar-refractivity contribution in [1.82, 2.24) is 10.2 Å². The van der Waals surface area contributed by atoms with Gasteiger partial charge in [-0.2, -0.15) is 5.10 Å². The molecule has 0 bridgehead atoms. The van der Waals surface area contributed by atoms with E-state index in [4.69, 9.17) is 0 Å². The van der Waals surface area contributed by atoms with Crippen molar-refractivity contribution in [1.29, 1.82) is 0 Å². The average molecular weight is 136 g/mol. The summed E-state index contributed by atoms with van der Waals surface area (Å²) in [6.07, 6.45) is 6.90. The molecule has 0 aromatic carbocycles. The number of hydrogen-bond acceptors (Lipinski definition) is 1. The van der Waals surface area contributed by atoms with Crippen molar-refractivity contribution in [2.75, 3.05) is 0 Å². The molecule has 0 unspecified atom stereocenters. The lowest BCUT2D eigenvalue weighted by atomic mass is 10.1. The molecule has 0 aliphatic heterocycles. The first kappa shape index (κ1) is 7.06. The summed E-state index contributed by atoms with van der Waals surface area (Å²) in [6, 6.07) is 0. The Morgan fingerprint density at radius 2 is 2.60 bits per heavy atom. The van der Waals surface area contributed by atoms with Gasteiger partial charge in [0.2, 0.25) is 0 Å². The van der Waals surface area contributed by atoms with E-state index < -0.39 is 0 Å². The Hall–Kier alpha value is -1.05. The number of nitrogens with one attached hydrogen (secondary N) is 1. The van der Waals surface area contributed by atoms with Gasteiger partial charge in [-0.05, 0) is 25.8 Å². The number of hydrogen-bond donors (Lipinski definition) is 1. The van der Waals surface area contributed by atoms with E-state index in [0.717, 1.165) is 6.42 Å². The van der Waals surface area contributed by atoms with E-state index >= 15 is 0 Å². The van der Waals surface area contributed by atoms with Gasteiger partial charge >= 0.3 is 0 Å². The lowest BCUT2D eigenvalue weighted by molar-refractivity contribution is 1.09. The van der Waals surface area contributed by atoms with Crippen LogP contribution >= 0.6 is 0 Å². The third kappa shape index (κ3) is 1.72. The molecule has 1 aromatic heterocycles. The molecule has 0 saturated carbocycles. The van der Waals surface area contributed by atoms with Gasteiger partial charge in [0.05, 0.1) is 6.20 Å². The molecule has 0 amide bonds. The van der Waals surface area contributed by atoms with Crippen LogP contribution in [-0.2, 0) is 6.42 Å². The predicted octanol–water partition coefficient (Wildman–Crippen LogP) is 1.92. The molecule has 2 heteroatoms. The SMILES string of the molecule is CC=C(C)Cc1cn[nH]c1. The van der Waals surface area contributed by atoms with Crippen LogP contribution in [0.1, 0.15) is 19.4 Å². The van der Waals surface area contributed by atoms with E-state index in [-0.39, 0.29) is 0 Å². The van der Waals surface area contributed by atoms with Crippen LogP contribution in [0.4, 0.5) is 0 Å². The van der Waals surface area contributed by atoms with Crippen LogP contribution in [0.25, 0.3) is 0 Å². The molecule has 1 rings (SSSR count). The summed E-state index contributed by atoms with van der Waals surface area (Å²) >= 11 is 0. The van der Waals surface area contributed by atoms with E-state index in [2.05, 4.69) is 30.1 Å². The van der Waals surface area contributed by atoms with E-state index in [9.17, 15) is 0 Å². The molecule has 0 spiro atoms. The molecule has 0 aliphatic carbocycles. The largest absolute Gasteiger partial charge is 0.285 e. The van der Waals surface area contributed by atoms with Crippen molar-refractivity contribution in [3.05, 3.63) is 29.6 Å². The highest BCUT2D eigenvalue weighted by Gasteiger charge is 1.92. The normalized spacial score (nSPS) is 12.0. The third-order valence-corrected chi connectivity index (χ3v) is 1.53.